The number of aromatic nitrogens is 2. The van der Waals surface area contributed by atoms with Gasteiger partial charge in [-0.25, -0.2) is 9.97 Å². The molecular weight excluding hydrogens is 246 g/mol. The van der Waals surface area contributed by atoms with E-state index >= 15 is 0 Å². The number of fused-ring (bicyclic) bond motifs is 1. The highest BCUT2D eigenvalue weighted by atomic mass is 15.0. The van der Waals surface area contributed by atoms with E-state index in [-0.39, 0.29) is 0 Å². The summed E-state index contributed by atoms with van der Waals surface area (Å²) >= 11 is 0. The van der Waals surface area contributed by atoms with Crippen LogP contribution in [0.15, 0.2) is 30.6 Å². The number of rotatable bonds is 4. The van der Waals surface area contributed by atoms with Gasteiger partial charge >= 0.3 is 0 Å². The summed E-state index contributed by atoms with van der Waals surface area (Å²) < 4.78 is 0. The smallest absolute Gasteiger partial charge is 0.133 e. The van der Waals surface area contributed by atoms with Crippen molar-refractivity contribution in [2.45, 2.75) is 45.6 Å². The third-order valence-electron chi connectivity index (χ3n) is 4.02. The minimum Gasteiger partial charge on any atom is -0.366 e. The van der Waals surface area contributed by atoms with Crippen LogP contribution in [0.5, 0.6) is 0 Å². The van der Waals surface area contributed by atoms with E-state index in [9.17, 15) is 0 Å². The second-order valence-corrected chi connectivity index (χ2v) is 5.38. The van der Waals surface area contributed by atoms with E-state index in [0.29, 0.717) is 0 Å². The standard InChI is InChI=1S/C17H21N3/c1-2-13-7-9-14(10-8-13)11-18-17-15-5-3-4-6-16(15)19-12-20-17/h7-10,12H,2-6,11H2,1H3,(H,18,19,20). The van der Waals surface area contributed by atoms with E-state index in [4.69, 9.17) is 0 Å². The predicted molar refractivity (Wildman–Crippen MR) is 81.8 cm³/mol. The van der Waals surface area contributed by atoms with Crippen LogP contribution in [0.3, 0.4) is 0 Å². The van der Waals surface area contributed by atoms with Crippen molar-refractivity contribution in [3.05, 3.63) is 53.0 Å². The van der Waals surface area contributed by atoms with Crippen molar-refractivity contribution in [1.82, 2.24) is 9.97 Å². The number of anilines is 1. The van der Waals surface area contributed by atoms with Crippen molar-refractivity contribution < 1.29 is 0 Å². The largest absolute Gasteiger partial charge is 0.366 e. The highest BCUT2D eigenvalue weighted by Gasteiger charge is 2.14. The maximum atomic E-state index is 4.42. The van der Waals surface area contributed by atoms with Crippen molar-refractivity contribution >= 4 is 5.82 Å². The summed E-state index contributed by atoms with van der Waals surface area (Å²) in [7, 11) is 0. The lowest BCUT2D eigenvalue weighted by atomic mass is 9.96. The number of benzene rings is 1. The minimum absolute atomic E-state index is 0.827. The highest BCUT2D eigenvalue weighted by Crippen LogP contribution is 2.24. The molecule has 0 fully saturated rings. The first-order valence-corrected chi connectivity index (χ1v) is 7.51. The van der Waals surface area contributed by atoms with Crippen LogP contribution in [0.1, 0.15) is 42.1 Å². The zero-order valence-corrected chi connectivity index (χ0v) is 12.0. The van der Waals surface area contributed by atoms with Gasteiger partial charge in [-0.15, -0.1) is 0 Å². The summed E-state index contributed by atoms with van der Waals surface area (Å²) in [4.78, 5) is 8.83. The molecule has 0 atom stereocenters. The van der Waals surface area contributed by atoms with Crippen LogP contribution in [-0.4, -0.2) is 9.97 Å². The first kappa shape index (κ1) is 13.1. The van der Waals surface area contributed by atoms with Crippen LogP contribution in [0.4, 0.5) is 5.82 Å². The lowest BCUT2D eigenvalue weighted by molar-refractivity contribution is 0.663. The Hall–Kier alpha value is -1.90. The van der Waals surface area contributed by atoms with Crippen LogP contribution in [-0.2, 0) is 25.8 Å². The molecule has 3 heteroatoms. The average Bonchev–Trinajstić information content (AvgIpc) is 2.53. The van der Waals surface area contributed by atoms with Crippen molar-refractivity contribution in [3.8, 4) is 0 Å². The fourth-order valence-corrected chi connectivity index (χ4v) is 2.75. The first-order chi connectivity index (χ1) is 9.86. The fourth-order valence-electron chi connectivity index (χ4n) is 2.75. The second kappa shape index (κ2) is 6.04. The van der Waals surface area contributed by atoms with Gasteiger partial charge in [-0.2, -0.15) is 0 Å². The van der Waals surface area contributed by atoms with Gasteiger partial charge in [0.15, 0.2) is 0 Å². The van der Waals surface area contributed by atoms with Crippen LogP contribution >= 0.6 is 0 Å². The van der Waals surface area contributed by atoms with Crippen molar-refractivity contribution in [3.63, 3.8) is 0 Å². The van der Waals surface area contributed by atoms with Gasteiger partial charge in [-0.05, 0) is 43.2 Å². The molecule has 1 heterocycles. The predicted octanol–water partition coefficient (Wildman–Crippen LogP) is 3.53. The maximum absolute atomic E-state index is 4.42. The van der Waals surface area contributed by atoms with E-state index in [0.717, 1.165) is 31.6 Å². The third kappa shape index (κ3) is 2.82. The molecule has 1 aliphatic rings. The lowest BCUT2D eigenvalue weighted by Crippen LogP contribution is -2.12. The van der Waals surface area contributed by atoms with Crippen molar-refractivity contribution in [2.75, 3.05) is 5.32 Å². The molecule has 0 amide bonds. The molecule has 0 saturated heterocycles. The van der Waals surface area contributed by atoms with Gasteiger partial charge in [-0.1, -0.05) is 31.2 Å². The molecule has 3 nitrogen and oxygen atoms in total. The summed E-state index contributed by atoms with van der Waals surface area (Å²) in [6.45, 7) is 3.01. The zero-order valence-electron chi connectivity index (χ0n) is 12.0. The summed E-state index contributed by atoms with van der Waals surface area (Å²) in [6.07, 6.45) is 7.48. The Morgan fingerprint density at radius 2 is 1.75 bits per heavy atom. The molecule has 0 radical (unpaired) electrons. The average molecular weight is 267 g/mol. The van der Waals surface area contributed by atoms with Crippen LogP contribution in [0.25, 0.3) is 0 Å². The molecule has 3 rings (SSSR count). The molecule has 1 aliphatic carbocycles. The normalized spacial score (nSPS) is 13.8. The SMILES string of the molecule is CCc1ccc(CNc2ncnc3c2CCCC3)cc1. The minimum atomic E-state index is 0.827. The zero-order chi connectivity index (χ0) is 13.8. The van der Waals surface area contributed by atoms with Gasteiger partial charge in [0.25, 0.3) is 0 Å². The van der Waals surface area contributed by atoms with Gasteiger partial charge in [0.05, 0.1) is 0 Å². The number of nitrogens with one attached hydrogen (secondary N) is 1. The van der Waals surface area contributed by atoms with Crippen LogP contribution in [0, 0.1) is 0 Å². The molecule has 0 unspecified atom stereocenters. The van der Waals surface area contributed by atoms with E-state index < -0.39 is 0 Å². The summed E-state index contributed by atoms with van der Waals surface area (Å²) in [5.74, 6) is 1.02. The maximum Gasteiger partial charge on any atom is 0.133 e. The Balaban J connectivity index is 1.71. The topological polar surface area (TPSA) is 37.8 Å². The summed E-state index contributed by atoms with van der Waals surface area (Å²) in [6, 6.07) is 8.79. The van der Waals surface area contributed by atoms with E-state index in [1.807, 2.05) is 0 Å². The monoisotopic (exact) mass is 267 g/mol. The molecule has 0 spiro atoms. The highest BCUT2D eigenvalue weighted by molar-refractivity contribution is 5.47. The molecule has 2 aromatic rings. The molecule has 0 aliphatic heterocycles. The molecular formula is C17H21N3. The number of aryl methyl sites for hydroxylation is 2. The lowest BCUT2D eigenvalue weighted by Gasteiger charge is -2.18. The molecule has 1 aromatic carbocycles. The van der Waals surface area contributed by atoms with Gasteiger partial charge in [0.1, 0.15) is 12.1 Å². The third-order valence-corrected chi connectivity index (χ3v) is 4.02. The quantitative estimate of drug-likeness (QED) is 0.921. The van der Waals surface area contributed by atoms with Gasteiger partial charge in [0, 0.05) is 17.8 Å². The Morgan fingerprint density at radius 3 is 2.55 bits per heavy atom. The van der Waals surface area contributed by atoms with Gasteiger partial charge in [-0.3, -0.25) is 0 Å². The Morgan fingerprint density at radius 1 is 1.00 bits per heavy atom. The molecule has 0 saturated carbocycles. The van der Waals surface area contributed by atoms with Crippen LogP contribution < -0.4 is 5.32 Å². The van der Waals surface area contributed by atoms with Crippen molar-refractivity contribution in [2.24, 2.45) is 0 Å². The van der Waals surface area contributed by atoms with Gasteiger partial charge in [0.2, 0.25) is 0 Å². The Bertz CT molecular complexity index is 575. The molecule has 20 heavy (non-hydrogen) atoms. The number of hydrogen-bond donors (Lipinski definition) is 1. The van der Waals surface area contributed by atoms with E-state index in [1.165, 1.54) is 35.2 Å². The molecule has 1 aromatic heterocycles. The number of hydrogen-bond acceptors (Lipinski definition) is 3. The van der Waals surface area contributed by atoms with E-state index in [2.05, 4.69) is 46.5 Å². The fraction of sp³-hybridized carbons (Fsp3) is 0.412. The summed E-state index contributed by atoms with van der Waals surface area (Å²) in [5.41, 5.74) is 5.23. The molecule has 0 bridgehead atoms. The summed E-state index contributed by atoms with van der Waals surface area (Å²) in [5, 5.41) is 3.48. The van der Waals surface area contributed by atoms with Gasteiger partial charge < -0.3 is 5.32 Å². The molecule has 104 valence electrons. The van der Waals surface area contributed by atoms with Crippen LogP contribution in [0.2, 0.25) is 0 Å². The Kier molecular flexibility index (Phi) is 3.95. The first-order valence-electron chi connectivity index (χ1n) is 7.51. The van der Waals surface area contributed by atoms with E-state index in [1.54, 1.807) is 6.33 Å². The molecule has 1 N–H and O–H groups in total. The second-order valence-electron chi connectivity index (χ2n) is 5.38. The Labute approximate surface area is 120 Å². The van der Waals surface area contributed by atoms with Crippen molar-refractivity contribution in [1.29, 1.82) is 0 Å². The number of nitrogens with zero attached hydrogens (tertiary/aromatic N) is 2.